The predicted octanol–water partition coefficient (Wildman–Crippen LogP) is 9.91. The van der Waals surface area contributed by atoms with E-state index >= 15 is 0 Å². The maximum absolute atomic E-state index is 5.63. The maximum atomic E-state index is 5.63. The third-order valence-corrected chi connectivity index (χ3v) is 9.70. The summed E-state index contributed by atoms with van der Waals surface area (Å²) in [5.41, 5.74) is 11.4. The molecule has 4 heterocycles. The fraction of sp³-hybridized carbons (Fsp3) is 0.0476. The summed E-state index contributed by atoms with van der Waals surface area (Å²) in [4.78, 5) is 12.5. The van der Waals surface area contributed by atoms with Crippen LogP contribution in [0.2, 0.25) is 0 Å². The van der Waals surface area contributed by atoms with Gasteiger partial charge in [-0.3, -0.25) is 9.55 Å². The van der Waals surface area contributed by atoms with E-state index in [0.29, 0.717) is 0 Å². The van der Waals surface area contributed by atoms with Crippen molar-refractivity contribution < 1.29 is 0 Å². The second-order valence-corrected chi connectivity index (χ2v) is 12.2. The number of anilines is 2. The van der Waals surface area contributed by atoms with Crippen molar-refractivity contribution in [1.29, 1.82) is 0 Å². The third-order valence-electron chi connectivity index (χ3n) is 9.70. The summed E-state index contributed by atoms with van der Waals surface area (Å²) in [6.45, 7) is 0. The van der Waals surface area contributed by atoms with E-state index in [2.05, 4.69) is 171 Å². The number of hydrogen-bond acceptors (Lipinski definition) is 3. The minimum atomic E-state index is 0.108. The molecule has 0 N–H and O–H groups in total. The average molecular weight is 604 g/mol. The highest BCUT2D eigenvalue weighted by Crippen LogP contribution is 2.56. The molecule has 5 heteroatoms. The van der Waals surface area contributed by atoms with Crippen molar-refractivity contribution in [3.63, 3.8) is 0 Å². The molecule has 0 spiro atoms. The molecular weight excluding hydrogens is 574 g/mol. The van der Waals surface area contributed by atoms with Crippen LogP contribution in [-0.2, 0) is 0 Å². The van der Waals surface area contributed by atoms with Crippen molar-refractivity contribution in [2.24, 2.45) is 0 Å². The predicted molar refractivity (Wildman–Crippen MR) is 192 cm³/mol. The molecule has 8 aromatic rings. The normalized spacial score (nSPS) is 16.7. The van der Waals surface area contributed by atoms with E-state index in [1.165, 1.54) is 33.1 Å². The van der Waals surface area contributed by atoms with Crippen molar-refractivity contribution in [2.45, 2.75) is 12.0 Å². The number of aromatic nitrogens is 4. The van der Waals surface area contributed by atoms with Gasteiger partial charge in [0, 0.05) is 57.3 Å². The molecule has 0 amide bonds. The lowest BCUT2D eigenvalue weighted by molar-refractivity contribution is 0.746. The Bertz CT molecular complexity index is 2510. The summed E-state index contributed by atoms with van der Waals surface area (Å²) in [6.07, 6.45) is 12.9. The minimum absolute atomic E-state index is 0.108. The first-order valence-electron chi connectivity index (χ1n) is 16.1. The molecule has 2 atom stereocenters. The fourth-order valence-electron chi connectivity index (χ4n) is 7.86. The number of benzene rings is 5. The summed E-state index contributed by atoms with van der Waals surface area (Å²) < 4.78 is 4.84. The lowest BCUT2D eigenvalue weighted by atomic mass is 9.89. The van der Waals surface area contributed by atoms with Crippen LogP contribution in [0.3, 0.4) is 0 Å². The van der Waals surface area contributed by atoms with Gasteiger partial charge in [-0.2, -0.15) is 0 Å². The minimum Gasteiger partial charge on any atom is -0.331 e. The molecule has 10 rings (SSSR count). The average Bonchev–Trinajstić information content (AvgIpc) is 3.81. The van der Waals surface area contributed by atoms with Crippen LogP contribution in [0.15, 0.2) is 164 Å². The number of nitrogens with zero attached hydrogens (tertiary/aromatic N) is 5. The zero-order valence-electron chi connectivity index (χ0n) is 25.5. The molecule has 0 bridgehead atoms. The molecule has 47 heavy (non-hydrogen) atoms. The van der Waals surface area contributed by atoms with Crippen molar-refractivity contribution in [3.8, 4) is 22.8 Å². The Morgan fingerprint density at radius 3 is 1.89 bits per heavy atom. The highest BCUT2D eigenvalue weighted by Gasteiger charge is 2.43. The Hall–Kier alpha value is -6.20. The summed E-state index contributed by atoms with van der Waals surface area (Å²) in [5, 5.41) is 2.38. The van der Waals surface area contributed by atoms with E-state index in [1.807, 2.05) is 12.4 Å². The quantitative estimate of drug-likeness (QED) is 0.201. The number of rotatable bonds is 4. The highest BCUT2D eigenvalue weighted by molar-refractivity contribution is 6.25. The van der Waals surface area contributed by atoms with Crippen molar-refractivity contribution >= 4 is 44.2 Å². The SMILES string of the molecule is C1=CC2c3c(c4c(nc(-c5ccncc5)n4-c4ccccc4)c4c5ccccc5n(-c5ccccc5)c34)N(c3ccccc3)C2C=C1. The van der Waals surface area contributed by atoms with Gasteiger partial charge in [-0.25, -0.2) is 4.98 Å². The summed E-state index contributed by atoms with van der Waals surface area (Å²) >= 11 is 0. The summed E-state index contributed by atoms with van der Waals surface area (Å²) in [7, 11) is 0. The number of fused-ring (bicyclic) bond motifs is 10. The number of para-hydroxylation sites is 4. The summed E-state index contributed by atoms with van der Waals surface area (Å²) in [6, 6.07) is 45.3. The lowest BCUT2D eigenvalue weighted by Crippen LogP contribution is -2.28. The van der Waals surface area contributed by atoms with Gasteiger partial charge in [0.05, 0.1) is 28.3 Å². The van der Waals surface area contributed by atoms with E-state index in [0.717, 1.165) is 39.5 Å². The number of hydrogen-bond donors (Lipinski definition) is 0. The van der Waals surface area contributed by atoms with Crippen molar-refractivity contribution in [2.75, 3.05) is 4.90 Å². The Labute approximate surface area is 272 Å². The second kappa shape index (κ2) is 10.2. The highest BCUT2D eigenvalue weighted by atomic mass is 15.2. The molecule has 1 aliphatic carbocycles. The van der Waals surface area contributed by atoms with Crippen LogP contribution in [0.5, 0.6) is 0 Å². The molecule has 0 saturated carbocycles. The van der Waals surface area contributed by atoms with Gasteiger partial charge in [0.2, 0.25) is 0 Å². The molecule has 222 valence electrons. The zero-order valence-corrected chi connectivity index (χ0v) is 25.5. The van der Waals surface area contributed by atoms with Gasteiger partial charge in [0.15, 0.2) is 0 Å². The lowest BCUT2D eigenvalue weighted by Gasteiger charge is -2.29. The van der Waals surface area contributed by atoms with Crippen LogP contribution in [0, 0.1) is 0 Å². The van der Waals surface area contributed by atoms with Crippen molar-refractivity contribution in [1.82, 2.24) is 19.1 Å². The molecule has 2 unspecified atom stereocenters. The van der Waals surface area contributed by atoms with Crippen LogP contribution in [-0.4, -0.2) is 25.1 Å². The number of imidazole rings is 1. The van der Waals surface area contributed by atoms with Gasteiger partial charge in [-0.15, -0.1) is 0 Å². The van der Waals surface area contributed by atoms with Gasteiger partial charge in [0.25, 0.3) is 0 Å². The Kier molecular flexibility index (Phi) is 5.63. The van der Waals surface area contributed by atoms with Gasteiger partial charge >= 0.3 is 0 Å². The van der Waals surface area contributed by atoms with Crippen molar-refractivity contribution in [3.05, 3.63) is 170 Å². The van der Waals surface area contributed by atoms with E-state index in [4.69, 9.17) is 4.98 Å². The van der Waals surface area contributed by atoms with Crippen LogP contribution in [0.1, 0.15) is 11.5 Å². The topological polar surface area (TPSA) is 38.9 Å². The van der Waals surface area contributed by atoms with Gasteiger partial charge in [-0.05, 0) is 54.6 Å². The molecule has 3 aromatic heterocycles. The molecule has 0 saturated heterocycles. The van der Waals surface area contributed by atoms with Crippen LogP contribution in [0.4, 0.5) is 11.4 Å². The fourth-order valence-corrected chi connectivity index (χ4v) is 7.86. The molecule has 1 aliphatic heterocycles. The molecule has 0 radical (unpaired) electrons. The molecular formula is C42H29N5. The first-order valence-corrected chi connectivity index (χ1v) is 16.1. The van der Waals surface area contributed by atoms with Crippen LogP contribution >= 0.6 is 0 Å². The van der Waals surface area contributed by atoms with Gasteiger partial charge in [-0.1, -0.05) is 97.1 Å². The molecule has 0 fully saturated rings. The smallest absolute Gasteiger partial charge is 0.145 e. The van der Waals surface area contributed by atoms with Gasteiger partial charge < -0.3 is 9.47 Å². The Morgan fingerprint density at radius 1 is 0.553 bits per heavy atom. The maximum Gasteiger partial charge on any atom is 0.145 e. The Morgan fingerprint density at radius 2 is 1.17 bits per heavy atom. The molecule has 2 aliphatic rings. The monoisotopic (exact) mass is 603 g/mol. The largest absolute Gasteiger partial charge is 0.331 e. The Balaban J connectivity index is 1.50. The second-order valence-electron chi connectivity index (χ2n) is 12.2. The van der Waals surface area contributed by atoms with E-state index in [1.54, 1.807) is 0 Å². The summed E-state index contributed by atoms with van der Waals surface area (Å²) in [5.74, 6) is 1.03. The first-order chi connectivity index (χ1) is 23.4. The zero-order chi connectivity index (χ0) is 30.9. The standard InChI is InChI=1S/C42H29N5/c1-4-14-29(15-5-1)45-34-22-12-10-20-32(34)36-38-41(47(31-18-8-3-9-19-31)42(44-38)28-24-26-43-27-25-28)40-37(39(36)45)33-21-11-13-23-35(33)46(40)30-16-6-2-7-17-30/h1-27,33,35H. The van der Waals surface area contributed by atoms with Crippen LogP contribution in [0.25, 0.3) is 55.6 Å². The molecule has 5 nitrogen and oxygen atoms in total. The number of allylic oxidation sites excluding steroid dienone is 2. The van der Waals surface area contributed by atoms with E-state index < -0.39 is 0 Å². The van der Waals surface area contributed by atoms with Gasteiger partial charge in [0.1, 0.15) is 11.3 Å². The van der Waals surface area contributed by atoms with E-state index in [-0.39, 0.29) is 12.0 Å². The first kappa shape index (κ1) is 26.1. The number of pyridine rings is 1. The van der Waals surface area contributed by atoms with Crippen LogP contribution < -0.4 is 4.90 Å². The van der Waals surface area contributed by atoms with E-state index in [9.17, 15) is 0 Å². The molecule has 5 aromatic carbocycles. The third kappa shape index (κ3) is 3.71.